The monoisotopic (exact) mass is 354 g/mol. The number of hydrogen-bond donors (Lipinski definition) is 0. The molecule has 26 heavy (non-hydrogen) atoms. The van der Waals surface area contributed by atoms with Crippen molar-refractivity contribution in [1.82, 2.24) is 5.16 Å². The Morgan fingerprint density at radius 3 is 2.73 bits per heavy atom. The van der Waals surface area contributed by atoms with Crippen LogP contribution in [-0.4, -0.2) is 23.4 Å². The minimum Gasteiger partial charge on any atom is -0.443 e. The molecular formula is C21H26N2O3. The summed E-state index contributed by atoms with van der Waals surface area (Å²) in [5.74, 6) is 0.969. The molecule has 0 bridgehead atoms. The van der Waals surface area contributed by atoms with Crippen molar-refractivity contribution in [3.8, 4) is 0 Å². The molecule has 0 fully saturated rings. The number of anilines is 1. The summed E-state index contributed by atoms with van der Waals surface area (Å²) in [6.07, 6.45) is 3.27. The van der Waals surface area contributed by atoms with E-state index in [9.17, 15) is 4.79 Å². The number of nitrogens with zero attached hydrogens (tertiary/aromatic N) is 2. The second-order valence-corrected chi connectivity index (χ2v) is 9.28. The SMILES string of the molecule is CC(C)(C)OC(=O)N1CC2(Cc3cnoc3C(C)(C)C2)c2ccccc21. The summed E-state index contributed by atoms with van der Waals surface area (Å²) in [6, 6.07) is 8.20. The van der Waals surface area contributed by atoms with E-state index in [0.717, 1.165) is 29.9 Å². The second-order valence-electron chi connectivity index (χ2n) is 9.28. The summed E-state index contributed by atoms with van der Waals surface area (Å²) in [7, 11) is 0. The number of carbonyl (C=O) groups excluding carboxylic acids is 1. The minimum absolute atomic E-state index is 0.138. The highest BCUT2D eigenvalue weighted by Crippen LogP contribution is 2.53. The van der Waals surface area contributed by atoms with Gasteiger partial charge in [0.25, 0.3) is 0 Å². The number of aromatic nitrogens is 1. The van der Waals surface area contributed by atoms with Gasteiger partial charge in [0.1, 0.15) is 11.4 Å². The molecule has 5 nitrogen and oxygen atoms in total. The number of para-hydroxylation sites is 1. The Morgan fingerprint density at radius 2 is 2.00 bits per heavy atom. The van der Waals surface area contributed by atoms with E-state index < -0.39 is 5.60 Å². The standard InChI is InChI=1S/C21H26N2O3/c1-19(2,3)25-18(24)23-13-21(15-8-6-7-9-16(15)23)10-14-11-22-26-17(14)20(4,5)12-21/h6-9,11H,10,12-13H2,1-5H3. The third-order valence-electron chi connectivity index (χ3n) is 5.41. The lowest BCUT2D eigenvalue weighted by Gasteiger charge is -2.41. The van der Waals surface area contributed by atoms with Gasteiger partial charge < -0.3 is 9.26 Å². The van der Waals surface area contributed by atoms with Crippen molar-refractivity contribution in [2.75, 3.05) is 11.4 Å². The first-order chi connectivity index (χ1) is 12.1. The van der Waals surface area contributed by atoms with Crippen molar-refractivity contribution >= 4 is 11.8 Å². The summed E-state index contributed by atoms with van der Waals surface area (Å²) in [5.41, 5.74) is 2.51. The molecule has 1 spiro atoms. The normalized spacial score (nSPS) is 23.7. The van der Waals surface area contributed by atoms with Crippen LogP contribution in [0.1, 0.15) is 57.9 Å². The van der Waals surface area contributed by atoms with Crippen LogP contribution in [0.3, 0.4) is 0 Å². The number of carbonyl (C=O) groups is 1. The first-order valence-corrected chi connectivity index (χ1v) is 9.15. The van der Waals surface area contributed by atoms with Gasteiger partial charge in [0.2, 0.25) is 0 Å². The topological polar surface area (TPSA) is 55.6 Å². The van der Waals surface area contributed by atoms with E-state index >= 15 is 0 Å². The average molecular weight is 354 g/mol. The van der Waals surface area contributed by atoms with E-state index in [2.05, 4.69) is 31.1 Å². The summed E-state index contributed by atoms with van der Waals surface area (Å²) < 4.78 is 11.2. The lowest BCUT2D eigenvalue weighted by atomic mass is 9.61. The third-order valence-corrected chi connectivity index (χ3v) is 5.41. The third kappa shape index (κ3) is 2.61. The molecule has 1 aliphatic heterocycles. The lowest BCUT2D eigenvalue weighted by molar-refractivity contribution is 0.0574. The Hall–Kier alpha value is -2.30. The molecule has 4 rings (SSSR count). The van der Waals surface area contributed by atoms with E-state index in [1.54, 1.807) is 4.90 Å². The molecule has 0 radical (unpaired) electrons. The number of ether oxygens (including phenoxy) is 1. The quantitative estimate of drug-likeness (QED) is 0.694. The van der Waals surface area contributed by atoms with Crippen LogP contribution in [0, 0.1) is 0 Å². The van der Waals surface area contributed by atoms with Crippen LogP contribution in [0.2, 0.25) is 0 Å². The number of fused-ring (bicyclic) bond motifs is 3. The van der Waals surface area contributed by atoms with Gasteiger partial charge in [-0.15, -0.1) is 0 Å². The summed E-state index contributed by atoms with van der Waals surface area (Å²) in [5, 5.41) is 4.03. The molecule has 1 aromatic heterocycles. The number of rotatable bonds is 0. The van der Waals surface area contributed by atoms with Gasteiger partial charge in [0, 0.05) is 22.9 Å². The fraction of sp³-hybridized carbons (Fsp3) is 0.524. The number of hydrogen-bond acceptors (Lipinski definition) is 4. The highest BCUT2D eigenvalue weighted by Gasteiger charge is 2.52. The van der Waals surface area contributed by atoms with Crippen LogP contribution < -0.4 is 4.90 Å². The van der Waals surface area contributed by atoms with Crippen molar-refractivity contribution in [2.45, 2.75) is 63.9 Å². The summed E-state index contributed by atoms with van der Waals surface area (Å²) >= 11 is 0. The number of benzene rings is 1. The van der Waals surface area contributed by atoms with Crippen LogP contribution >= 0.6 is 0 Å². The molecule has 1 atom stereocenters. The van der Waals surface area contributed by atoms with E-state index in [-0.39, 0.29) is 16.9 Å². The van der Waals surface area contributed by atoms with Gasteiger partial charge in [0.05, 0.1) is 11.9 Å². The van der Waals surface area contributed by atoms with Crippen LogP contribution in [0.25, 0.3) is 0 Å². The van der Waals surface area contributed by atoms with Gasteiger partial charge in [-0.2, -0.15) is 0 Å². The van der Waals surface area contributed by atoms with Gasteiger partial charge in [-0.1, -0.05) is 37.2 Å². The Kier molecular flexibility index (Phi) is 3.52. The van der Waals surface area contributed by atoms with E-state index in [4.69, 9.17) is 9.26 Å². The Labute approximate surface area is 154 Å². The first kappa shape index (κ1) is 17.1. The van der Waals surface area contributed by atoms with Crippen molar-refractivity contribution < 1.29 is 14.1 Å². The Morgan fingerprint density at radius 1 is 1.27 bits per heavy atom. The molecule has 1 unspecified atom stereocenters. The molecule has 0 saturated heterocycles. The molecule has 138 valence electrons. The number of amides is 1. The molecule has 5 heteroatoms. The summed E-state index contributed by atoms with van der Waals surface area (Å²) in [6.45, 7) is 10.7. The molecular weight excluding hydrogens is 328 g/mol. The highest BCUT2D eigenvalue weighted by molar-refractivity contribution is 5.92. The molecule has 0 saturated carbocycles. The van der Waals surface area contributed by atoms with E-state index in [1.807, 2.05) is 39.1 Å². The second kappa shape index (κ2) is 5.35. The molecule has 2 aliphatic rings. The van der Waals surface area contributed by atoms with Crippen LogP contribution in [-0.2, 0) is 22.0 Å². The summed E-state index contributed by atoms with van der Waals surface area (Å²) in [4.78, 5) is 14.7. The zero-order chi connectivity index (χ0) is 18.7. The van der Waals surface area contributed by atoms with Crippen molar-refractivity contribution in [2.24, 2.45) is 0 Å². The fourth-order valence-corrected chi connectivity index (χ4v) is 4.71. The van der Waals surface area contributed by atoms with Crippen LogP contribution in [0.5, 0.6) is 0 Å². The minimum atomic E-state index is -0.519. The highest BCUT2D eigenvalue weighted by atomic mass is 16.6. The van der Waals surface area contributed by atoms with Gasteiger partial charge >= 0.3 is 6.09 Å². The van der Waals surface area contributed by atoms with Gasteiger partial charge in [-0.05, 0) is 45.2 Å². The van der Waals surface area contributed by atoms with Crippen molar-refractivity contribution in [1.29, 1.82) is 0 Å². The zero-order valence-corrected chi connectivity index (χ0v) is 16.1. The molecule has 1 amide bonds. The first-order valence-electron chi connectivity index (χ1n) is 9.15. The van der Waals surface area contributed by atoms with Crippen LogP contribution in [0.4, 0.5) is 10.5 Å². The predicted molar refractivity (Wildman–Crippen MR) is 99.6 cm³/mol. The average Bonchev–Trinajstić information content (AvgIpc) is 3.10. The lowest BCUT2D eigenvalue weighted by Crippen LogP contribution is -2.46. The largest absolute Gasteiger partial charge is 0.443 e. The molecule has 2 heterocycles. The maximum Gasteiger partial charge on any atom is 0.414 e. The zero-order valence-electron chi connectivity index (χ0n) is 16.1. The van der Waals surface area contributed by atoms with Crippen LogP contribution in [0.15, 0.2) is 35.0 Å². The Balaban J connectivity index is 1.77. The van der Waals surface area contributed by atoms with Crippen molar-refractivity contribution in [3.05, 3.63) is 47.3 Å². The Bertz CT molecular complexity index is 862. The fourth-order valence-electron chi connectivity index (χ4n) is 4.71. The van der Waals surface area contributed by atoms with E-state index in [0.29, 0.717) is 6.54 Å². The maximum absolute atomic E-state index is 12.9. The maximum atomic E-state index is 12.9. The van der Waals surface area contributed by atoms with Gasteiger partial charge in [-0.25, -0.2) is 4.79 Å². The smallest absolute Gasteiger partial charge is 0.414 e. The van der Waals surface area contributed by atoms with Crippen molar-refractivity contribution in [3.63, 3.8) is 0 Å². The van der Waals surface area contributed by atoms with E-state index in [1.165, 1.54) is 5.56 Å². The van der Waals surface area contributed by atoms with Gasteiger partial charge in [0.15, 0.2) is 0 Å². The van der Waals surface area contributed by atoms with Gasteiger partial charge in [-0.3, -0.25) is 4.90 Å². The predicted octanol–water partition coefficient (Wildman–Crippen LogP) is 4.59. The molecule has 1 aromatic carbocycles. The molecule has 0 N–H and O–H groups in total. The molecule has 1 aliphatic carbocycles. The molecule has 2 aromatic rings.